The second-order valence-electron chi connectivity index (χ2n) is 6.52. The lowest BCUT2D eigenvalue weighted by atomic mass is 9.93. The highest BCUT2D eigenvalue weighted by atomic mass is 16.2. The van der Waals surface area contributed by atoms with Crippen LogP contribution < -0.4 is 0 Å². The molecule has 0 radical (unpaired) electrons. The molecule has 1 fully saturated rings. The minimum atomic E-state index is 0.168. The molecule has 1 saturated heterocycles. The lowest BCUT2D eigenvalue weighted by molar-refractivity contribution is -0.130. The van der Waals surface area contributed by atoms with Crippen LogP contribution in [0.1, 0.15) is 42.5 Å². The average molecular weight is 308 g/mol. The molecular weight excluding hydrogens is 284 g/mol. The summed E-state index contributed by atoms with van der Waals surface area (Å²) in [4.78, 5) is 18.2. The van der Waals surface area contributed by atoms with Gasteiger partial charge in [0.05, 0.1) is 0 Å². The molecule has 1 atom stereocenters. The van der Waals surface area contributed by atoms with Gasteiger partial charge in [-0.3, -0.25) is 9.78 Å². The molecule has 1 aliphatic rings. The fourth-order valence-electron chi connectivity index (χ4n) is 3.37. The molecule has 3 heteroatoms. The maximum Gasteiger partial charge on any atom is 0.219 e. The van der Waals surface area contributed by atoms with Gasteiger partial charge in [-0.05, 0) is 49.4 Å². The van der Waals surface area contributed by atoms with E-state index in [9.17, 15) is 4.79 Å². The van der Waals surface area contributed by atoms with Crippen LogP contribution in [0.2, 0.25) is 0 Å². The minimum absolute atomic E-state index is 0.168. The number of benzene rings is 1. The molecule has 23 heavy (non-hydrogen) atoms. The summed E-state index contributed by atoms with van der Waals surface area (Å²) in [6, 6.07) is 10.7. The second kappa shape index (κ2) is 6.53. The normalized spacial score (nSPS) is 18.0. The van der Waals surface area contributed by atoms with Gasteiger partial charge in [-0.1, -0.05) is 24.3 Å². The molecule has 0 bridgehead atoms. The third-order valence-electron chi connectivity index (χ3n) is 4.99. The molecule has 1 aromatic carbocycles. The summed E-state index contributed by atoms with van der Waals surface area (Å²) in [5.41, 5.74) is 6.12. The first-order valence-corrected chi connectivity index (χ1v) is 8.34. The molecular formula is C20H24N2O. The molecule has 0 saturated carbocycles. The van der Waals surface area contributed by atoms with Crippen molar-refractivity contribution in [3.63, 3.8) is 0 Å². The molecule has 3 rings (SSSR count). The van der Waals surface area contributed by atoms with Crippen molar-refractivity contribution in [3.8, 4) is 11.1 Å². The first-order valence-electron chi connectivity index (χ1n) is 8.34. The molecule has 0 spiro atoms. The molecule has 120 valence electrons. The van der Waals surface area contributed by atoms with Crippen LogP contribution in [0.15, 0.2) is 36.5 Å². The number of amides is 1. The predicted molar refractivity (Wildman–Crippen MR) is 93.4 cm³/mol. The van der Waals surface area contributed by atoms with Gasteiger partial charge in [0.15, 0.2) is 0 Å². The van der Waals surface area contributed by atoms with Crippen molar-refractivity contribution in [2.45, 2.75) is 39.5 Å². The topological polar surface area (TPSA) is 33.2 Å². The average Bonchev–Trinajstić information content (AvgIpc) is 2.58. The Hall–Kier alpha value is -2.16. The van der Waals surface area contributed by atoms with Crippen LogP contribution in [0.5, 0.6) is 0 Å². The number of likely N-dealkylation sites (tertiary alicyclic amines) is 1. The van der Waals surface area contributed by atoms with Crippen molar-refractivity contribution in [3.05, 3.63) is 53.3 Å². The van der Waals surface area contributed by atoms with Crippen molar-refractivity contribution < 1.29 is 4.79 Å². The van der Waals surface area contributed by atoms with Gasteiger partial charge in [0.25, 0.3) is 0 Å². The van der Waals surface area contributed by atoms with Gasteiger partial charge < -0.3 is 4.90 Å². The molecule has 1 amide bonds. The van der Waals surface area contributed by atoms with E-state index in [-0.39, 0.29) is 5.91 Å². The molecule has 0 aliphatic carbocycles. The van der Waals surface area contributed by atoms with Crippen LogP contribution in [0.25, 0.3) is 11.1 Å². The summed E-state index contributed by atoms with van der Waals surface area (Å²) in [6.07, 6.45) is 4.15. The fraction of sp³-hybridized carbons (Fsp3) is 0.400. The molecule has 1 aliphatic heterocycles. The zero-order valence-corrected chi connectivity index (χ0v) is 14.2. The first-order chi connectivity index (χ1) is 11.1. The van der Waals surface area contributed by atoms with Crippen LogP contribution in [-0.4, -0.2) is 28.9 Å². The number of carbonyl (C=O) groups is 1. The number of hydrogen-bond acceptors (Lipinski definition) is 2. The predicted octanol–water partition coefficient (Wildman–Crippen LogP) is 4.09. The van der Waals surface area contributed by atoms with E-state index >= 15 is 0 Å². The summed E-state index contributed by atoms with van der Waals surface area (Å²) >= 11 is 0. The number of nitrogens with zero attached hydrogens (tertiary/aromatic N) is 2. The van der Waals surface area contributed by atoms with E-state index in [4.69, 9.17) is 4.98 Å². The molecule has 0 N–H and O–H groups in total. The van der Waals surface area contributed by atoms with Crippen molar-refractivity contribution in [2.75, 3.05) is 13.1 Å². The Morgan fingerprint density at radius 2 is 2.04 bits per heavy atom. The van der Waals surface area contributed by atoms with E-state index in [1.54, 1.807) is 6.92 Å². The quantitative estimate of drug-likeness (QED) is 0.837. The first kappa shape index (κ1) is 15.7. The van der Waals surface area contributed by atoms with E-state index < -0.39 is 0 Å². The van der Waals surface area contributed by atoms with Crippen LogP contribution in [0.4, 0.5) is 0 Å². The fourth-order valence-corrected chi connectivity index (χ4v) is 3.37. The van der Waals surface area contributed by atoms with Gasteiger partial charge in [-0.25, -0.2) is 0 Å². The largest absolute Gasteiger partial charge is 0.342 e. The highest BCUT2D eigenvalue weighted by Crippen LogP contribution is 2.29. The van der Waals surface area contributed by atoms with E-state index in [1.807, 2.05) is 11.1 Å². The lowest BCUT2D eigenvalue weighted by Gasteiger charge is -2.31. The molecule has 0 unspecified atom stereocenters. The number of aromatic nitrogens is 1. The highest BCUT2D eigenvalue weighted by Gasteiger charge is 2.23. The van der Waals surface area contributed by atoms with Gasteiger partial charge in [-0.15, -0.1) is 0 Å². The van der Waals surface area contributed by atoms with Gasteiger partial charge in [0.1, 0.15) is 0 Å². The van der Waals surface area contributed by atoms with Crippen molar-refractivity contribution in [1.82, 2.24) is 9.88 Å². The number of rotatable bonds is 2. The third kappa shape index (κ3) is 3.29. The third-order valence-corrected chi connectivity index (χ3v) is 4.99. The van der Waals surface area contributed by atoms with E-state index in [1.165, 1.54) is 16.7 Å². The van der Waals surface area contributed by atoms with Crippen LogP contribution in [0.3, 0.4) is 0 Å². The Balaban J connectivity index is 1.82. The maximum absolute atomic E-state index is 11.6. The Labute approximate surface area is 138 Å². The van der Waals surface area contributed by atoms with Gasteiger partial charge in [0.2, 0.25) is 5.91 Å². The van der Waals surface area contributed by atoms with E-state index in [2.05, 4.69) is 44.2 Å². The Kier molecular flexibility index (Phi) is 4.46. The summed E-state index contributed by atoms with van der Waals surface area (Å²) in [6.45, 7) is 7.63. The van der Waals surface area contributed by atoms with Crippen molar-refractivity contribution in [2.24, 2.45) is 0 Å². The number of piperidine rings is 1. The number of hydrogen-bond donors (Lipinski definition) is 0. The SMILES string of the molecule is CC(=O)N1CCC[C@@H](c2ccc(-c3cccc(C)c3C)cn2)C1. The van der Waals surface area contributed by atoms with Crippen molar-refractivity contribution in [1.29, 1.82) is 0 Å². The van der Waals surface area contributed by atoms with Gasteiger partial charge >= 0.3 is 0 Å². The van der Waals surface area contributed by atoms with Gasteiger partial charge in [-0.2, -0.15) is 0 Å². The van der Waals surface area contributed by atoms with E-state index in [0.717, 1.165) is 37.2 Å². The Morgan fingerprint density at radius 1 is 1.22 bits per heavy atom. The zero-order valence-electron chi connectivity index (χ0n) is 14.2. The zero-order chi connectivity index (χ0) is 16.4. The maximum atomic E-state index is 11.6. The summed E-state index contributed by atoms with van der Waals surface area (Å²) in [7, 11) is 0. The smallest absolute Gasteiger partial charge is 0.219 e. The van der Waals surface area contributed by atoms with Crippen LogP contribution in [-0.2, 0) is 4.79 Å². The Morgan fingerprint density at radius 3 is 2.74 bits per heavy atom. The minimum Gasteiger partial charge on any atom is -0.342 e. The summed E-state index contributed by atoms with van der Waals surface area (Å²) < 4.78 is 0. The number of pyridine rings is 1. The Bertz CT molecular complexity index is 706. The van der Waals surface area contributed by atoms with Crippen LogP contribution in [0, 0.1) is 13.8 Å². The molecule has 1 aromatic heterocycles. The molecule has 2 heterocycles. The highest BCUT2D eigenvalue weighted by molar-refractivity contribution is 5.73. The van der Waals surface area contributed by atoms with Crippen LogP contribution >= 0.6 is 0 Å². The van der Waals surface area contributed by atoms with E-state index in [0.29, 0.717) is 5.92 Å². The summed E-state index contributed by atoms with van der Waals surface area (Å²) in [5.74, 6) is 0.530. The number of aryl methyl sites for hydroxylation is 1. The lowest BCUT2D eigenvalue weighted by Crippen LogP contribution is -2.37. The molecule has 3 nitrogen and oxygen atoms in total. The standard InChI is InChI=1S/C20H24N2O/c1-14-6-4-8-19(15(14)2)17-9-10-20(21-12-17)18-7-5-11-22(13-18)16(3)23/h4,6,8-10,12,18H,5,7,11,13H2,1-3H3/t18-/m1/s1. The summed E-state index contributed by atoms with van der Waals surface area (Å²) in [5, 5.41) is 0. The van der Waals surface area contributed by atoms with Gasteiger partial charge in [0, 0.05) is 43.4 Å². The van der Waals surface area contributed by atoms with Crippen molar-refractivity contribution >= 4 is 5.91 Å². The number of carbonyl (C=O) groups excluding carboxylic acids is 1. The second-order valence-corrected chi connectivity index (χ2v) is 6.52. The monoisotopic (exact) mass is 308 g/mol. The molecule has 2 aromatic rings.